The maximum atomic E-state index is 13.4. The molecule has 22 heavy (non-hydrogen) atoms. The normalized spacial score (nSPS) is 10.3. The highest BCUT2D eigenvalue weighted by Gasteiger charge is 2.12. The van der Waals surface area contributed by atoms with Crippen molar-refractivity contribution in [3.8, 4) is 0 Å². The summed E-state index contributed by atoms with van der Waals surface area (Å²) in [6.07, 6.45) is 1.73. The van der Waals surface area contributed by atoms with Gasteiger partial charge in [-0.25, -0.2) is 4.39 Å². The maximum Gasteiger partial charge on any atom is 0.286 e. The molecular formula is C14H13BrFN3O2S. The van der Waals surface area contributed by atoms with Crippen molar-refractivity contribution in [2.24, 2.45) is 7.05 Å². The van der Waals surface area contributed by atoms with Crippen LogP contribution in [0.4, 0.5) is 4.39 Å². The second-order valence-electron chi connectivity index (χ2n) is 4.38. The molecule has 0 aliphatic carbocycles. The van der Waals surface area contributed by atoms with E-state index < -0.39 is 11.8 Å². The van der Waals surface area contributed by atoms with Gasteiger partial charge in [-0.3, -0.25) is 20.4 Å². The Kier molecular flexibility index (Phi) is 5.62. The van der Waals surface area contributed by atoms with Crippen LogP contribution < -0.4 is 10.9 Å². The highest BCUT2D eigenvalue weighted by molar-refractivity contribution is 9.10. The third kappa shape index (κ3) is 4.35. The number of nitrogens with zero attached hydrogens (tertiary/aromatic N) is 1. The van der Waals surface area contributed by atoms with Gasteiger partial charge < -0.3 is 4.57 Å². The van der Waals surface area contributed by atoms with Gasteiger partial charge in [0, 0.05) is 22.6 Å². The molecule has 0 bridgehead atoms. The first-order valence-electron chi connectivity index (χ1n) is 6.25. The van der Waals surface area contributed by atoms with E-state index in [1.807, 2.05) is 0 Å². The first kappa shape index (κ1) is 16.6. The third-order valence-electron chi connectivity index (χ3n) is 2.72. The zero-order valence-corrected chi connectivity index (χ0v) is 14.0. The lowest BCUT2D eigenvalue weighted by Gasteiger charge is -2.08. The van der Waals surface area contributed by atoms with Crippen LogP contribution in [0.5, 0.6) is 0 Å². The molecule has 0 unspecified atom stereocenters. The van der Waals surface area contributed by atoms with Gasteiger partial charge in [-0.05, 0) is 34.1 Å². The van der Waals surface area contributed by atoms with Gasteiger partial charge in [-0.15, -0.1) is 11.8 Å². The summed E-state index contributed by atoms with van der Waals surface area (Å²) in [5.74, 6) is -1.23. The molecule has 5 nitrogen and oxygen atoms in total. The van der Waals surface area contributed by atoms with E-state index >= 15 is 0 Å². The fourth-order valence-electron chi connectivity index (χ4n) is 1.68. The molecule has 2 amide bonds. The van der Waals surface area contributed by atoms with Crippen molar-refractivity contribution in [2.75, 3.05) is 5.75 Å². The lowest BCUT2D eigenvalue weighted by Crippen LogP contribution is -2.43. The molecule has 0 aliphatic heterocycles. The average molecular weight is 386 g/mol. The summed E-state index contributed by atoms with van der Waals surface area (Å²) >= 11 is 4.32. The standard InChI is InChI=1S/C14H13BrFN3O2S/c1-19-7-9(15)6-11(19)14(21)18-17-13(20)8-22-12-5-3-2-4-10(12)16/h2-7H,8H2,1H3,(H,17,20)(H,18,21). The van der Waals surface area contributed by atoms with Gasteiger partial charge in [0.2, 0.25) is 5.91 Å². The molecule has 1 heterocycles. The van der Waals surface area contributed by atoms with E-state index in [1.165, 1.54) is 6.07 Å². The van der Waals surface area contributed by atoms with E-state index in [0.29, 0.717) is 10.6 Å². The molecule has 2 aromatic rings. The molecule has 0 atom stereocenters. The highest BCUT2D eigenvalue weighted by Crippen LogP contribution is 2.20. The number of nitrogens with one attached hydrogen (secondary N) is 2. The Bertz CT molecular complexity index is 705. The van der Waals surface area contributed by atoms with Crippen molar-refractivity contribution in [2.45, 2.75) is 4.90 Å². The minimum Gasteiger partial charge on any atom is -0.345 e. The number of hydrazine groups is 1. The van der Waals surface area contributed by atoms with Crippen LogP contribution in [0, 0.1) is 5.82 Å². The predicted molar refractivity (Wildman–Crippen MR) is 85.8 cm³/mol. The number of aromatic nitrogens is 1. The van der Waals surface area contributed by atoms with Crippen molar-refractivity contribution >= 4 is 39.5 Å². The molecule has 1 aromatic heterocycles. The highest BCUT2D eigenvalue weighted by atomic mass is 79.9. The topological polar surface area (TPSA) is 63.1 Å². The molecule has 8 heteroatoms. The van der Waals surface area contributed by atoms with E-state index in [2.05, 4.69) is 26.8 Å². The van der Waals surface area contributed by atoms with Crippen LogP contribution in [-0.2, 0) is 11.8 Å². The summed E-state index contributed by atoms with van der Waals surface area (Å²) in [5.41, 5.74) is 5.01. The van der Waals surface area contributed by atoms with Crippen molar-refractivity contribution < 1.29 is 14.0 Å². The molecule has 2 rings (SSSR count). The Morgan fingerprint density at radius 3 is 2.68 bits per heavy atom. The minimum absolute atomic E-state index is 0.00194. The number of halogens is 2. The van der Waals surface area contributed by atoms with Crippen molar-refractivity contribution in [1.29, 1.82) is 0 Å². The summed E-state index contributed by atoms with van der Waals surface area (Å²) in [6.45, 7) is 0. The van der Waals surface area contributed by atoms with Gasteiger partial charge in [-0.1, -0.05) is 12.1 Å². The van der Waals surface area contributed by atoms with Crippen molar-refractivity contribution in [3.63, 3.8) is 0 Å². The fourth-order valence-corrected chi connectivity index (χ4v) is 2.95. The summed E-state index contributed by atoms with van der Waals surface area (Å²) in [7, 11) is 1.72. The molecule has 116 valence electrons. The number of thioether (sulfide) groups is 1. The molecule has 1 aromatic carbocycles. The molecule has 0 aliphatic rings. The van der Waals surface area contributed by atoms with Gasteiger partial charge >= 0.3 is 0 Å². The molecule has 0 saturated carbocycles. The Labute approximate surface area is 139 Å². The van der Waals surface area contributed by atoms with E-state index in [-0.39, 0.29) is 11.6 Å². The monoisotopic (exact) mass is 385 g/mol. The second-order valence-corrected chi connectivity index (χ2v) is 6.31. The minimum atomic E-state index is -0.433. The average Bonchev–Trinajstić information content (AvgIpc) is 2.82. The number of benzene rings is 1. The van der Waals surface area contributed by atoms with Crippen LogP contribution in [0.15, 0.2) is 45.9 Å². The Hall–Kier alpha value is -1.80. The second kappa shape index (κ2) is 7.46. The van der Waals surface area contributed by atoms with Gasteiger partial charge in [0.1, 0.15) is 11.5 Å². The number of amides is 2. The van der Waals surface area contributed by atoms with Crippen LogP contribution in [0.3, 0.4) is 0 Å². The van der Waals surface area contributed by atoms with E-state index in [1.54, 1.807) is 42.1 Å². The Balaban J connectivity index is 1.82. The molecule has 0 radical (unpaired) electrons. The summed E-state index contributed by atoms with van der Waals surface area (Å²) in [5, 5.41) is 0. The number of hydrogen-bond donors (Lipinski definition) is 2. The first-order valence-corrected chi connectivity index (χ1v) is 8.03. The van der Waals surface area contributed by atoms with Crippen LogP contribution in [0.2, 0.25) is 0 Å². The molecule has 0 saturated heterocycles. The molecular weight excluding hydrogens is 373 g/mol. The van der Waals surface area contributed by atoms with Gasteiger partial charge in [0.25, 0.3) is 5.91 Å². The van der Waals surface area contributed by atoms with E-state index in [0.717, 1.165) is 16.2 Å². The smallest absolute Gasteiger partial charge is 0.286 e. The fraction of sp³-hybridized carbons (Fsp3) is 0.143. The van der Waals surface area contributed by atoms with Crippen LogP contribution >= 0.6 is 27.7 Å². The number of carbonyl (C=O) groups is 2. The van der Waals surface area contributed by atoms with Gasteiger partial charge in [0.05, 0.1) is 5.75 Å². The SMILES string of the molecule is Cn1cc(Br)cc1C(=O)NNC(=O)CSc1ccccc1F. The first-order chi connectivity index (χ1) is 10.5. The van der Waals surface area contributed by atoms with Crippen LogP contribution in [0.25, 0.3) is 0 Å². The van der Waals surface area contributed by atoms with E-state index in [4.69, 9.17) is 0 Å². The van der Waals surface area contributed by atoms with E-state index in [9.17, 15) is 14.0 Å². The quantitative estimate of drug-likeness (QED) is 0.627. The predicted octanol–water partition coefficient (Wildman–Crippen LogP) is 2.48. The lowest BCUT2D eigenvalue weighted by molar-refractivity contribution is -0.119. The zero-order chi connectivity index (χ0) is 16.1. The number of rotatable bonds is 4. The molecule has 0 fully saturated rings. The summed E-state index contributed by atoms with van der Waals surface area (Å²) in [4.78, 5) is 23.9. The Morgan fingerprint density at radius 1 is 1.32 bits per heavy atom. The maximum absolute atomic E-state index is 13.4. The number of carbonyl (C=O) groups excluding carboxylic acids is 2. The van der Waals surface area contributed by atoms with Crippen molar-refractivity contribution in [3.05, 3.63) is 52.5 Å². The lowest BCUT2D eigenvalue weighted by atomic mass is 10.3. The van der Waals surface area contributed by atoms with Crippen LogP contribution in [-0.4, -0.2) is 22.1 Å². The third-order valence-corrected chi connectivity index (χ3v) is 4.20. The van der Waals surface area contributed by atoms with Crippen molar-refractivity contribution in [1.82, 2.24) is 15.4 Å². The van der Waals surface area contributed by atoms with Gasteiger partial charge in [-0.2, -0.15) is 0 Å². The number of hydrogen-bond acceptors (Lipinski definition) is 3. The van der Waals surface area contributed by atoms with Gasteiger partial charge in [0.15, 0.2) is 0 Å². The summed E-state index contributed by atoms with van der Waals surface area (Å²) < 4.78 is 15.8. The molecule has 0 spiro atoms. The largest absolute Gasteiger partial charge is 0.345 e. The molecule has 2 N–H and O–H groups in total. The number of aryl methyl sites for hydroxylation is 1. The zero-order valence-electron chi connectivity index (χ0n) is 11.6. The Morgan fingerprint density at radius 2 is 2.05 bits per heavy atom. The summed E-state index contributed by atoms with van der Waals surface area (Å²) in [6, 6.07) is 7.83. The van der Waals surface area contributed by atoms with Crippen LogP contribution in [0.1, 0.15) is 10.5 Å².